The molecule has 2 aromatic carbocycles. The number of aromatic nitrogens is 1. The number of hydrogen-bond donors (Lipinski definition) is 0. The maximum Gasteiger partial charge on any atom is 0.252 e. The van der Waals surface area contributed by atoms with Crippen LogP contribution in [0.5, 0.6) is 11.5 Å². The molecule has 5 nitrogen and oxygen atoms in total. The first-order valence-corrected chi connectivity index (χ1v) is 9.26. The Labute approximate surface area is 156 Å². The second-order valence-corrected chi connectivity index (χ2v) is 6.94. The van der Waals surface area contributed by atoms with Crippen molar-refractivity contribution in [3.63, 3.8) is 0 Å². The minimum absolute atomic E-state index is 0.193. The van der Waals surface area contributed by atoms with Gasteiger partial charge in [-0.3, -0.25) is 4.79 Å². The molecule has 3 rings (SSSR count). The van der Waals surface area contributed by atoms with Crippen LogP contribution in [-0.2, 0) is 17.8 Å². The van der Waals surface area contributed by atoms with Crippen molar-refractivity contribution in [2.75, 3.05) is 14.2 Å². The maximum absolute atomic E-state index is 12.6. The minimum Gasteiger partial charge on any atom is -0.496 e. The van der Waals surface area contributed by atoms with Crippen molar-refractivity contribution >= 4 is 27.5 Å². The number of para-hydroxylation sites is 1. The number of amides is 1. The first-order valence-electron chi connectivity index (χ1n) is 8.44. The molecule has 0 saturated heterocycles. The Morgan fingerprint density at radius 2 is 1.92 bits per heavy atom. The van der Waals surface area contributed by atoms with E-state index < -0.39 is 0 Å². The van der Waals surface area contributed by atoms with Gasteiger partial charge in [0, 0.05) is 12.1 Å². The highest BCUT2D eigenvalue weighted by Gasteiger charge is 2.12. The summed E-state index contributed by atoms with van der Waals surface area (Å²) in [5.74, 6) is 1.30. The summed E-state index contributed by atoms with van der Waals surface area (Å²) in [5.41, 5.74) is 2.91. The predicted molar refractivity (Wildman–Crippen MR) is 104 cm³/mol. The number of carbonyl (C=O) groups is 1. The molecule has 0 spiro atoms. The molecule has 26 heavy (non-hydrogen) atoms. The van der Waals surface area contributed by atoms with Gasteiger partial charge < -0.3 is 14.0 Å². The van der Waals surface area contributed by atoms with Gasteiger partial charge in [-0.1, -0.05) is 35.1 Å². The second kappa shape index (κ2) is 7.74. The van der Waals surface area contributed by atoms with Gasteiger partial charge in [0.05, 0.1) is 25.3 Å². The number of methoxy groups -OCH3 is 2. The van der Waals surface area contributed by atoms with E-state index in [4.69, 9.17) is 9.47 Å². The molecule has 0 saturated carbocycles. The number of fused-ring (bicyclic) bond motifs is 1. The Morgan fingerprint density at radius 3 is 2.62 bits per heavy atom. The molecule has 3 aromatic rings. The summed E-state index contributed by atoms with van der Waals surface area (Å²) in [6.07, 6.45) is 0.208. The van der Waals surface area contributed by atoms with Crippen LogP contribution in [0, 0.1) is 6.92 Å². The van der Waals surface area contributed by atoms with Crippen molar-refractivity contribution in [3.05, 3.63) is 52.3 Å². The molecule has 136 valence electrons. The summed E-state index contributed by atoms with van der Waals surface area (Å²) < 4.78 is 13.9. The zero-order valence-corrected chi connectivity index (χ0v) is 16.2. The van der Waals surface area contributed by atoms with E-state index in [1.54, 1.807) is 14.2 Å². The van der Waals surface area contributed by atoms with Crippen LogP contribution >= 0.6 is 11.3 Å². The quantitative estimate of drug-likeness (QED) is 0.688. The number of rotatable bonds is 5. The number of hydrogen-bond acceptors (Lipinski definition) is 4. The van der Waals surface area contributed by atoms with Crippen LogP contribution < -0.4 is 14.3 Å². The molecule has 0 N–H and O–H groups in total. The van der Waals surface area contributed by atoms with E-state index in [1.165, 1.54) is 11.3 Å². The monoisotopic (exact) mass is 370 g/mol. The van der Waals surface area contributed by atoms with Gasteiger partial charge in [-0.2, -0.15) is 4.99 Å². The van der Waals surface area contributed by atoms with Gasteiger partial charge >= 0.3 is 0 Å². The van der Waals surface area contributed by atoms with Crippen LogP contribution in [0.4, 0.5) is 0 Å². The summed E-state index contributed by atoms with van der Waals surface area (Å²) >= 11 is 1.49. The molecular formula is C20H22N2O3S. The average molecular weight is 370 g/mol. The highest BCUT2D eigenvalue weighted by atomic mass is 32.1. The Bertz CT molecular complexity index is 1020. The fourth-order valence-electron chi connectivity index (χ4n) is 3.00. The van der Waals surface area contributed by atoms with Crippen LogP contribution in [0.1, 0.15) is 18.1 Å². The number of nitrogens with zero attached hydrogens (tertiary/aromatic N) is 2. The van der Waals surface area contributed by atoms with E-state index in [2.05, 4.69) is 4.99 Å². The molecule has 0 radical (unpaired) electrons. The lowest BCUT2D eigenvalue weighted by molar-refractivity contribution is -0.117. The normalized spacial score (nSPS) is 11.8. The van der Waals surface area contributed by atoms with E-state index >= 15 is 0 Å². The Hall–Kier alpha value is -2.60. The lowest BCUT2D eigenvalue weighted by atomic mass is 10.1. The minimum atomic E-state index is -0.193. The number of aryl methyl sites for hydroxylation is 2. The largest absolute Gasteiger partial charge is 0.496 e. The Kier molecular flexibility index (Phi) is 5.42. The molecule has 1 heterocycles. The topological polar surface area (TPSA) is 52.8 Å². The molecule has 0 bridgehead atoms. The van der Waals surface area contributed by atoms with Gasteiger partial charge in [0.1, 0.15) is 17.0 Å². The van der Waals surface area contributed by atoms with Gasteiger partial charge in [0.15, 0.2) is 4.80 Å². The zero-order valence-electron chi connectivity index (χ0n) is 15.4. The van der Waals surface area contributed by atoms with E-state index in [1.807, 2.05) is 54.8 Å². The summed E-state index contributed by atoms with van der Waals surface area (Å²) in [7, 11) is 3.26. The lowest BCUT2D eigenvalue weighted by Gasteiger charge is -2.07. The molecular weight excluding hydrogens is 348 g/mol. The number of thiazole rings is 1. The summed E-state index contributed by atoms with van der Waals surface area (Å²) in [4.78, 5) is 17.7. The maximum atomic E-state index is 12.6. The first kappa shape index (κ1) is 18.2. The lowest BCUT2D eigenvalue weighted by Crippen LogP contribution is -2.17. The van der Waals surface area contributed by atoms with E-state index in [-0.39, 0.29) is 12.3 Å². The van der Waals surface area contributed by atoms with Crippen molar-refractivity contribution in [1.82, 2.24) is 4.57 Å². The standard InChI is InChI=1S/C20H22N2O3S/c1-5-22-19-16(25-4)7-6-8-17(19)26-20(22)21-18(23)12-14-11-13(2)9-10-15(14)24-3/h6-11H,5,12H2,1-4H3. The smallest absolute Gasteiger partial charge is 0.252 e. The van der Waals surface area contributed by atoms with Crippen LogP contribution in [0.3, 0.4) is 0 Å². The summed E-state index contributed by atoms with van der Waals surface area (Å²) in [6.45, 7) is 4.74. The highest BCUT2D eigenvalue weighted by Crippen LogP contribution is 2.27. The molecule has 0 fully saturated rings. The summed E-state index contributed by atoms with van der Waals surface area (Å²) in [6, 6.07) is 11.7. The number of benzene rings is 2. The van der Waals surface area contributed by atoms with Crippen molar-refractivity contribution in [2.45, 2.75) is 26.8 Å². The van der Waals surface area contributed by atoms with Crippen LogP contribution in [0.15, 0.2) is 41.4 Å². The SMILES string of the molecule is CCn1c(=NC(=O)Cc2cc(C)ccc2OC)sc2cccc(OC)c21. The Morgan fingerprint density at radius 1 is 1.15 bits per heavy atom. The number of carbonyl (C=O) groups excluding carboxylic acids is 1. The van der Waals surface area contributed by atoms with Gasteiger partial charge in [-0.25, -0.2) is 0 Å². The Balaban J connectivity index is 2.02. The zero-order chi connectivity index (χ0) is 18.7. The van der Waals surface area contributed by atoms with Crippen LogP contribution in [0.2, 0.25) is 0 Å². The molecule has 0 aliphatic carbocycles. The van der Waals surface area contributed by atoms with Crippen molar-refractivity contribution in [2.24, 2.45) is 4.99 Å². The molecule has 1 aromatic heterocycles. The molecule has 1 amide bonds. The summed E-state index contributed by atoms with van der Waals surface area (Å²) in [5, 5.41) is 0. The molecule has 0 aliphatic heterocycles. The van der Waals surface area contributed by atoms with E-state index in [0.717, 1.165) is 27.1 Å². The predicted octanol–water partition coefficient (Wildman–Crippen LogP) is 3.72. The molecule has 0 atom stereocenters. The fourth-order valence-corrected chi connectivity index (χ4v) is 4.12. The van der Waals surface area contributed by atoms with Gasteiger partial charge in [0.2, 0.25) is 0 Å². The van der Waals surface area contributed by atoms with Gasteiger partial charge in [-0.05, 0) is 32.0 Å². The molecule has 0 unspecified atom stereocenters. The third-order valence-electron chi connectivity index (χ3n) is 4.20. The van der Waals surface area contributed by atoms with E-state index in [0.29, 0.717) is 17.1 Å². The average Bonchev–Trinajstić information content (AvgIpc) is 2.98. The third-order valence-corrected chi connectivity index (χ3v) is 5.24. The fraction of sp³-hybridized carbons (Fsp3) is 0.300. The molecule has 6 heteroatoms. The van der Waals surface area contributed by atoms with Crippen molar-refractivity contribution < 1.29 is 14.3 Å². The van der Waals surface area contributed by atoms with Crippen LogP contribution in [-0.4, -0.2) is 24.7 Å². The van der Waals surface area contributed by atoms with Gasteiger partial charge in [-0.15, -0.1) is 0 Å². The second-order valence-electron chi connectivity index (χ2n) is 5.93. The van der Waals surface area contributed by atoms with Crippen molar-refractivity contribution in [3.8, 4) is 11.5 Å². The molecule has 0 aliphatic rings. The highest BCUT2D eigenvalue weighted by molar-refractivity contribution is 7.16. The van der Waals surface area contributed by atoms with Crippen LogP contribution in [0.25, 0.3) is 10.2 Å². The third kappa shape index (κ3) is 3.51. The first-order chi connectivity index (χ1) is 12.6. The van der Waals surface area contributed by atoms with Gasteiger partial charge in [0.25, 0.3) is 5.91 Å². The number of ether oxygens (including phenoxy) is 2. The van der Waals surface area contributed by atoms with Crippen molar-refractivity contribution in [1.29, 1.82) is 0 Å². The van der Waals surface area contributed by atoms with E-state index in [9.17, 15) is 4.79 Å².